The molecule has 0 radical (unpaired) electrons. The highest BCUT2D eigenvalue weighted by atomic mass is 79.9. The van der Waals surface area contributed by atoms with Gasteiger partial charge in [0, 0.05) is 23.1 Å². The van der Waals surface area contributed by atoms with E-state index in [0.717, 1.165) is 37.6 Å². The van der Waals surface area contributed by atoms with Crippen LogP contribution in [0.5, 0.6) is 17.2 Å². The molecule has 0 aliphatic heterocycles. The minimum absolute atomic E-state index is 0.651. The zero-order valence-electron chi connectivity index (χ0n) is 15.9. The number of rotatable bonds is 6. The van der Waals surface area contributed by atoms with E-state index in [9.17, 15) is 0 Å². The van der Waals surface area contributed by atoms with E-state index in [-0.39, 0.29) is 0 Å². The first kappa shape index (κ1) is 19.6. The molecule has 2 aromatic carbocycles. The van der Waals surface area contributed by atoms with Gasteiger partial charge in [0.1, 0.15) is 5.75 Å². The van der Waals surface area contributed by atoms with E-state index >= 15 is 0 Å². The molecule has 0 N–H and O–H groups in total. The normalized spacial score (nSPS) is 10.7. The van der Waals surface area contributed by atoms with Crippen molar-refractivity contribution < 1.29 is 14.2 Å². The van der Waals surface area contributed by atoms with Crippen LogP contribution in [0.2, 0.25) is 0 Å². The molecule has 27 heavy (non-hydrogen) atoms. The van der Waals surface area contributed by atoms with Crippen molar-refractivity contribution in [1.82, 2.24) is 9.55 Å². The molecule has 3 aromatic rings. The Bertz CT molecular complexity index is 972. The number of halogens is 1. The third kappa shape index (κ3) is 3.66. The van der Waals surface area contributed by atoms with Crippen molar-refractivity contribution in [2.45, 2.75) is 4.90 Å². The fourth-order valence-corrected chi connectivity index (χ4v) is 4.22. The SMILES string of the molecule is COc1ccc(-c2c(-c3cc(Br)c(OC)c(OC)c3)ncn2C)cc1SC. The molecule has 5 nitrogen and oxygen atoms in total. The zero-order chi connectivity index (χ0) is 19.6. The molecular formula is C20H21BrN2O3S. The number of imidazole rings is 1. The largest absolute Gasteiger partial charge is 0.496 e. The van der Waals surface area contributed by atoms with Crippen LogP contribution >= 0.6 is 27.7 Å². The average Bonchev–Trinajstić information content (AvgIpc) is 3.08. The van der Waals surface area contributed by atoms with Gasteiger partial charge in [0.25, 0.3) is 0 Å². The van der Waals surface area contributed by atoms with Gasteiger partial charge in [-0.25, -0.2) is 4.98 Å². The van der Waals surface area contributed by atoms with Crippen LogP contribution in [0.25, 0.3) is 22.5 Å². The molecule has 0 amide bonds. The maximum absolute atomic E-state index is 5.49. The first-order valence-corrected chi connectivity index (χ1v) is 10.2. The Balaban J connectivity index is 2.18. The highest BCUT2D eigenvalue weighted by Gasteiger charge is 2.18. The molecule has 0 unspecified atom stereocenters. The zero-order valence-corrected chi connectivity index (χ0v) is 18.3. The van der Waals surface area contributed by atoms with Crippen LogP contribution < -0.4 is 14.2 Å². The number of aryl methyl sites for hydroxylation is 1. The van der Waals surface area contributed by atoms with Gasteiger partial charge in [0.15, 0.2) is 11.5 Å². The summed E-state index contributed by atoms with van der Waals surface area (Å²) in [5.74, 6) is 2.18. The Kier molecular flexibility index (Phi) is 6.01. The summed E-state index contributed by atoms with van der Waals surface area (Å²) in [5, 5.41) is 0. The van der Waals surface area contributed by atoms with Crippen LogP contribution in [0.1, 0.15) is 0 Å². The van der Waals surface area contributed by atoms with Gasteiger partial charge in [-0.1, -0.05) is 0 Å². The summed E-state index contributed by atoms with van der Waals surface area (Å²) < 4.78 is 19.2. The van der Waals surface area contributed by atoms with Crippen LogP contribution in [0.15, 0.2) is 46.0 Å². The number of aromatic nitrogens is 2. The van der Waals surface area contributed by atoms with Gasteiger partial charge in [-0.05, 0) is 52.5 Å². The molecule has 0 aliphatic carbocycles. The number of benzene rings is 2. The lowest BCUT2D eigenvalue weighted by atomic mass is 10.0. The Hall–Kier alpha value is -2.12. The van der Waals surface area contributed by atoms with Gasteiger partial charge < -0.3 is 18.8 Å². The predicted octanol–water partition coefficient (Wildman–Crippen LogP) is 5.26. The van der Waals surface area contributed by atoms with Crippen LogP contribution in [0, 0.1) is 0 Å². The lowest BCUT2D eigenvalue weighted by Crippen LogP contribution is -1.95. The smallest absolute Gasteiger partial charge is 0.174 e. The Morgan fingerprint density at radius 2 is 1.70 bits per heavy atom. The van der Waals surface area contributed by atoms with Gasteiger partial charge >= 0.3 is 0 Å². The third-order valence-corrected chi connectivity index (χ3v) is 5.65. The van der Waals surface area contributed by atoms with Gasteiger partial charge in [-0.3, -0.25) is 0 Å². The quantitative estimate of drug-likeness (QED) is 0.480. The Morgan fingerprint density at radius 3 is 2.33 bits per heavy atom. The first-order valence-electron chi connectivity index (χ1n) is 8.19. The molecule has 0 saturated carbocycles. The van der Waals surface area contributed by atoms with Crippen molar-refractivity contribution in [3.63, 3.8) is 0 Å². The van der Waals surface area contributed by atoms with Gasteiger partial charge in [-0.15, -0.1) is 11.8 Å². The molecule has 0 spiro atoms. The number of methoxy groups -OCH3 is 3. The van der Waals surface area contributed by atoms with Crippen molar-refractivity contribution in [3.05, 3.63) is 41.1 Å². The summed E-state index contributed by atoms with van der Waals surface area (Å²) in [7, 11) is 6.92. The third-order valence-electron chi connectivity index (χ3n) is 4.30. The van der Waals surface area contributed by atoms with Crippen LogP contribution in [-0.2, 0) is 7.05 Å². The summed E-state index contributed by atoms with van der Waals surface area (Å²) in [6.45, 7) is 0. The van der Waals surface area contributed by atoms with Crippen molar-refractivity contribution in [3.8, 4) is 39.8 Å². The Morgan fingerprint density at radius 1 is 0.963 bits per heavy atom. The second-order valence-corrected chi connectivity index (χ2v) is 7.52. The van der Waals surface area contributed by atoms with Gasteiger partial charge in [-0.2, -0.15) is 0 Å². The molecule has 3 rings (SSSR count). The number of nitrogens with zero attached hydrogens (tertiary/aromatic N) is 2. The van der Waals surface area contributed by atoms with Crippen LogP contribution in [-0.4, -0.2) is 37.1 Å². The fourth-order valence-electron chi connectivity index (χ4n) is 3.02. The summed E-state index contributed by atoms with van der Waals surface area (Å²) in [6, 6.07) is 10.1. The maximum Gasteiger partial charge on any atom is 0.174 e. The average molecular weight is 449 g/mol. The van der Waals surface area contributed by atoms with Crippen molar-refractivity contribution >= 4 is 27.7 Å². The lowest BCUT2D eigenvalue weighted by Gasteiger charge is -2.14. The summed E-state index contributed by atoms with van der Waals surface area (Å²) in [6.07, 6.45) is 3.86. The van der Waals surface area contributed by atoms with Crippen LogP contribution in [0.3, 0.4) is 0 Å². The number of thioether (sulfide) groups is 1. The van der Waals surface area contributed by atoms with Crippen molar-refractivity contribution in [2.24, 2.45) is 7.05 Å². The lowest BCUT2D eigenvalue weighted by molar-refractivity contribution is 0.353. The number of hydrogen-bond donors (Lipinski definition) is 0. The van der Waals surface area contributed by atoms with Gasteiger partial charge in [0.2, 0.25) is 0 Å². The standard InChI is InChI=1S/C20H21BrN2O3S/c1-23-11-22-18(13-8-14(21)20(26-4)16(9-13)25-3)19(23)12-6-7-15(24-2)17(10-12)27-5/h6-11H,1-5H3. The Labute approximate surface area is 171 Å². The molecule has 0 aliphatic rings. The second-order valence-electron chi connectivity index (χ2n) is 5.82. The van der Waals surface area contributed by atoms with E-state index in [0.29, 0.717) is 11.5 Å². The van der Waals surface area contributed by atoms with Crippen LogP contribution in [0.4, 0.5) is 0 Å². The fraction of sp³-hybridized carbons (Fsp3) is 0.250. The van der Waals surface area contributed by atoms with E-state index in [4.69, 9.17) is 14.2 Å². The van der Waals surface area contributed by atoms with Crippen molar-refractivity contribution in [2.75, 3.05) is 27.6 Å². The summed E-state index contributed by atoms with van der Waals surface area (Å²) in [5.41, 5.74) is 3.90. The topological polar surface area (TPSA) is 45.5 Å². The maximum atomic E-state index is 5.49. The first-order chi connectivity index (χ1) is 13.0. The molecule has 0 fully saturated rings. The summed E-state index contributed by atoms with van der Waals surface area (Å²) >= 11 is 5.22. The van der Waals surface area contributed by atoms with E-state index in [1.165, 1.54) is 0 Å². The minimum Gasteiger partial charge on any atom is -0.496 e. The molecule has 0 bridgehead atoms. The molecule has 1 heterocycles. The molecule has 0 saturated heterocycles. The van der Waals surface area contributed by atoms with Gasteiger partial charge in [0.05, 0.1) is 43.5 Å². The molecule has 142 valence electrons. The molecule has 1 aromatic heterocycles. The predicted molar refractivity (Wildman–Crippen MR) is 113 cm³/mol. The number of hydrogen-bond acceptors (Lipinski definition) is 5. The second kappa shape index (κ2) is 8.27. The van der Waals surface area contributed by atoms with Crippen molar-refractivity contribution in [1.29, 1.82) is 0 Å². The number of ether oxygens (including phenoxy) is 3. The van der Waals surface area contributed by atoms with E-state index in [2.05, 4.69) is 33.0 Å². The van der Waals surface area contributed by atoms with E-state index in [1.54, 1.807) is 33.1 Å². The highest BCUT2D eigenvalue weighted by Crippen LogP contribution is 2.42. The van der Waals surface area contributed by atoms with E-state index in [1.807, 2.05) is 42.4 Å². The molecule has 7 heteroatoms. The minimum atomic E-state index is 0.651. The van der Waals surface area contributed by atoms with E-state index < -0.39 is 0 Å². The highest BCUT2D eigenvalue weighted by molar-refractivity contribution is 9.10. The monoisotopic (exact) mass is 448 g/mol. The molecular weight excluding hydrogens is 428 g/mol. The molecule has 0 atom stereocenters. The summed E-state index contributed by atoms with van der Waals surface area (Å²) in [4.78, 5) is 5.72.